The van der Waals surface area contributed by atoms with E-state index < -0.39 is 0 Å². The SMILES string of the molecule is CC(OCCO)c1ccc(-c2ccc(OCCOCCOc3ccc(-c4ccc(C(C)OCCO)cc4)cc3)cc2)cc1. The summed E-state index contributed by atoms with van der Waals surface area (Å²) in [5.41, 5.74) is 6.61. The molecule has 0 saturated heterocycles. The van der Waals surface area contributed by atoms with Crippen LogP contribution in [0.2, 0.25) is 0 Å². The second-order valence-electron chi connectivity index (χ2n) is 10.1. The quantitative estimate of drug-likeness (QED) is 0.127. The Morgan fingerprint density at radius 3 is 1.09 bits per heavy atom. The first-order valence-electron chi connectivity index (χ1n) is 14.8. The van der Waals surface area contributed by atoms with Crippen molar-refractivity contribution in [2.75, 3.05) is 52.9 Å². The number of rotatable bonds is 18. The van der Waals surface area contributed by atoms with Crippen LogP contribution >= 0.6 is 0 Å². The maximum Gasteiger partial charge on any atom is 0.119 e. The highest BCUT2D eigenvalue weighted by molar-refractivity contribution is 5.65. The van der Waals surface area contributed by atoms with E-state index in [1.54, 1.807) is 0 Å². The summed E-state index contributed by atoms with van der Waals surface area (Å²) >= 11 is 0. The van der Waals surface area contributed by atoms with Gasteiger partial charge in [0, 0.05) is 0 Å². The lowest BCUT2D eigenvalue weighted by atomic mass is 10.0. The van der Waals surface area contributed by atoms with Crippen molar-refractivity contribution in [1.82, 2.24) is 0 Å². The van der Waals surface area contributed by atoms with Crippen molar-refractivity contribution in [3.05, 3.63) is 108 Å². The van der Waals surface area contributed by atoms with Gasteiger partial charge in [-0.25, -0.2) is 0 Å². The number of hydrogen-bond donors (Lipinski definition) is 2. The molecule has 0 aliphatic rings. The fraction of sp³-hybridized carbons (Fsp3) is 0.333. The first-order valence-corrected chi connectivity index (χ1v) is 14.8. The number of aliphatic hydroxyl groups excluding tert-OH is 2. The Balaban J connectivity index is 1.11. The molecule has 228 valence electrons. The van der Waals surface area contributed by atoms with Gasteiger partial charge in [-0.3, -0.25) is 0 Å². The highest BCUT2D eigenvalue weighted by atomic mass is 16.5. The molecule has 2 atom stereocenters. The zero-order valence-corrected chi connectivity index (χ0v) is 25.0. The largest absolute Gasteiger partial charge is 0.491 e. The summed E-state index contributed by atoms with van der Waals surface area (Å²) in [5.74, 6) is 1.59. The topological polar surface area (TPSA) is 86.6 Å². The molecule has 0 aromatic heterocycles. The lowest BCUT2D eigenvalue weighted by molar-refractivity contribution is 0.0385. The molecule has 0 saturated carbocycles. The fourth-order valence-corrected chi connectivity index (χ4v) is 4.57. The maximum atomic E-state index is 8.93. The second-order valence-corrected chi connectivity index (χ2v) is 10.1. The summed E-state index contributed by atoms with van der Waals surface area (Å²) in [6.07, 6.45) is -0.108. The molecule has 0 aliphatic heterocycles. The van der Waals surface area contributed by atoms with E-state index in [0.29, 0.717) is 39.6 Å². The highest BCUT2D eigenvalue weighted by Gasteiger charge is 2.08. The molecule has 0 spiro atoms. The Morgan fingerprint density at radius 2 is 0.767 bits per heavy atom. The molecule has 2 N–H and O–H groups in total. The molecule has 7 heteroatoms. The average molecular weight is 587 g/mol. The van der Waals surface area contributed by atoms with Gasteiger partial charge in [-0.1, -0.05) is 72.8 Å². The number of benzene rings is 4. The third-order valence-electron chi connectivity index (χ3n) is 7.05. The molecular weight excluding hydrogens is 544 g/mol. The van der Waals surface area contributed by atoms with Crippen molar-refractivity contribution in [2.45, 2.75) is 26.1 Å². The Kier molecular flexibility index (Phi) is 13.0. The molecule has 0 amide bonds. The molecular formula is C36H42O7. The average Bonchev–Trinajstić information content (AvgIpc) is 3.06. The normalized spacial score (nSPS) is 12.6. The molecule has 4 rings (SSSR count). The first kappa shape index (κ1) is 32.2. The minimum Gasteiger partial charge on any atom is -0.491 e. The number of ether oxygens (including phenoxy) is 5. The molecule has 2 unspecified atom stereocenters. The summed E-state index contributed by atoms with van der Waals surface area (Å²) in [5, 5.41) is 17.9. The van der Waals surface area contributed by atoms with Crippen molar-refractivity contribution in [1.29, 1.82) is 0 Å². The molecule has 4 aromatic rings. The van der Waals surface area contributed by atoms with Crippen molar-refractivity contribution >= 4 is 0 Å². The Bertz CT molecular complexity index is 1220. The van der Waals surface area contributed by atoms with E-state index in [-0.39, 0.29) is 25.4 Å². The van der Waals surface area contributed by atoms with Crippen molar-refractivity contribution < 1.29 is 33.9 Å². The van der Waals surface area contributed by atoms with Crippen LogP contribution < -0.4 is 9.47 Å². The standard InChI is InChI=1S/C36H42O7/c1-27(40-21-19-37)29-3-7-31(8-4-29)33-11-15-35(16-12-33)42-25-23-39-24-26-43-36-17-13-34(14-18-36)32-9-5-30(6-10-32)28(2)41-22-20-38/h3-18,27-28,37-38H,19-26H2,1-2H3. The molecule has 0 fully saturated rings. The van der Waals surface area contributed by atoms with E-state index in [1.807, 2.05) is 62.4 Å². The van der Waals surface area contributed by atoms with E-state index in [0.717, 1.165) is 44.9 Å². The Hall–Kier alpha value is -3.72. The summed E-state index contributed by atoms with van der Waals surface area (Å²) in [6, 6.07) is 32.5. The molecule has 0 bridgehead atoms. The summed E-state index contributed by atoms with van der Waals surface area (Å²) in [6.45, 7) is 6.54. The van der Waals surface area contributed by atoms with Gasteiger partial charge in [-0.15, -0.1) is 0 Å². The van der Waals surface area contributed by atoms with E-state index in [9.17, 15) is 0 Å². The van der Waals surface area contributed by atoms with Crippen molar-refractivity contribution in [3.63, 3.8) is 0 Å². The van der Waals surface area contributed by atoms with Crippen LogP contribution in [0.25, 0.3) is 22.3 Å². The fourth-order valence-electron chi connectivity index (χ4n) is 4.57. The van der Waals surface area contributed by atoms with E-state index >= 15 is 0 Å². The molecule has 43 heavy (non-hydrogen) atoms. The van der Waals surface area contributed by atoms with Gasteiger partial charge in [0.25, 0.3) is 0 Å². The van der Waals surface area contributed by atoms with Crippen LogP contribution in [0.5, 0.6) is 11.5 Å². The van der Waals surface area contributed by atoms with Gasteiger partial charge in [-0.05, 0) is 71.5 Å². The molecule has 7 nitrogen and oxygen atoms in total. The van der Waals surface area contributed by atoms with Crippen LogP contribution in [0.3, 0.4) is 0 Å². The summed E-state index contributed by atoms with van der Waals surface area (Å²) in [4.78, 5) is 0. The van der Waals surface area contributed by atoms with Gasteiger partial charge in [0.15, 0.2) is 0 Å². The number of hydrogen-bond acceptors (Lipinski definition) is 7. The van der Waals surface area contributed by atoms with E-state index in [4.69, 9.17) is 33.9 Å². The van der Waals surface area contributed by atoms with Gasteiger partial charge in [-0.2, -0.15) is 0 Å². The number of aliphatic hydroxyl groups is 2. The van der Waals surface area contributed by atoms with Gasteiger partial charge in [0.05, 0.1) is 51.8 Å². The van der Waals surface area contributed by atoms with Crippen LogP contribution in [0, 0.1) is 0 Å². The lowest BCUT2D eigenvalue weighted by Crippen LogP contribution is -2.12. The van der Waals surface area contributed by atoms with Crippen molar-refractivity contribution in [2.24, 2.45) is 0 Å². The van der Waals surface area contributed by atoms with Crippen LogP contribution in [0.4, 0.5) is 0 Å². The third-order valence-corrected chi connectivity index (χ3v) is 7.05. The monoisotopic (exact) mass is 586 g/mol. The smallest absolute Gasteiger partial charge is 0.119 e. The van der Waals surface area contributed by atoms with Gasteiger partial charge >= 0.3 is 0 Å². The first-order chi connectivity index (χ1) is 21.1. The molecule has 0 heterocycles. The van der Waals surface area contributed by atoms with Gasteiger partial charge in [0.2, 0.25) is 0 Å². The molecule has 0 aliphatic carbocycles. The van der Waals surface area contributed by atoms with Crippen LogP contribution in [-0.4, -0.2) is 63.1 Å². The molecule has 4 aromatic carbocycles. The van der Waals surface area contributed by atoms with Crippen LogP contribution in [0.15, 0.2) is 97.1 Å². The molecule has 0 radical (unpaired) electrons. The Morgan fingerprint density at radius 1 is 0.442 bits per heavy atom. The van der Waals surface area contributed by atoms with E-state index in [2.05, 4.69) is 48.5 Å². The van der Waals surface area contributed by atoms with Crippen molar-refractivity contribution in [3.8, 4) is 33.8 Å². The Labute approximate surface area is 254 Å². The zero-order chi connectivity index (χ0) is 30.3. The predicted molar refractivity (Wildman–Crippen MR) is 168 cm³/mol. The zero-order valence-electron chi connectivity index (χ0n) is 25.0. The van der Waals surface area contributed by atoms with Crippen LogP contribution in [-0.2, 0) is 14.2 Å². The van der Waals surface area contributed by atoms with Gasteiger partial charge in [0.1, 0.15) is 24.7 Å². The van der Waals surface area contributed by atoms with E-state index in [1.165, 1.54) is 0 Å². The minimum atomic E-state index is -0.0538. The predicted octanol–water partition coefficient (Wildman–Crippen LogP) is 6.63. The maximum absolute atomic E-state index is 8.93. The van der Waals surface area contributed by atoms with Crippen LogP contribution in [0.1, 0.15) is 37.2 Å². The highest BCUT2D eigenvalue weighted by Crippen LogP contribution is 2.27. The third kappa shape index (κ3) is 10.2. The lowest BCUT2D eigenvalue weighted by Gasteiger charge is -2.13. The summed E-state index contributed by atoms with van der Waals surface area (Å²) in [7, 11) is 0. The second kappa shape index (κ2) is 17.4. The summed E-state index contributed by atoms with van der Waals surface area (Å²) < 4.78 is 28.5. The minimum absolute atomic E-state index is 0.0233. The van der Waals surface area contributed by atoms with Gasteiger partial charge < -0.3 is 33.9 Å².